The number of nitrogens with two attached hydrogens (primary N) is 1. The van der Waals surface area contributed by atoms with Gasteiger partial charge < -0.3 is 15.6 Å². The van der Waals surface area contributed by atoms with Crippen LogP contribution < -0.4 is 10.6 Å². The van der Waals surface area contributed by atoms with Crippen molar-refractivity contribution in [3.63, 3.8) is 0 Å². The third kappa shape index (κ3) is 2.95. The second-order valence-electron chi connectivity index (χ2n) is 6.65. The third-order valence-electron chi connectivity index (χ3n) is 4.89. The lowest BCUT2D eigenvalue weighted by molar-refractivity contribution is 0.1000. The van der Waals surface area contributed by atoms with Crippen molar-refractivity contribution in [2.45, 2.75) is 25.7 Å². The molecular formula is C19H21N5O. The molecule has 128 valence electrons. The smallest absolute Gasteiger partial charge is 0.248 e. The number of benzene rings is 1. The van der Waals surface area contributed by atoms with Crippen LogP contribution in [0, 0.1) is 6.92 Å². The topological polar surface area (TPSA) is 87.9 Å². The average Bonchev–Trinajstić information content (AvgIpc) is 3.08. The van der Waals surface area contributed by atoms with Crippen LogP contribution in [0.3, 0.4) is 0 Å². The first-order valence-corrected chi connectivity index (χ1v) is 8.58. The van der Waals surface area contributed by atoms with E-state index in [0.717, 1.165) is 48.6 Å². The van der Waals surface area contributed by atoms with Gasteiger partial charge in [-0.2, -0.15) is 0 Å². The number of primary amides is 1. The number of anilines is 1. The minimum Gasteiger partial charge on any atom is -0.366 e. The van der Waals surface area contributed by atoms with Crippen molar-refractivity contribution in [3.05, 3.63) is 53.5 Å². The number of amides is 1. The predicted octanol–water partition coefficient (Wildman–Crippen LogP) is 2.75. The third-order valence-corrected chi connectivity index (χ3v) is 4.89. The summed E-state index contributed by atoms with van der Waals surface area (Å²) in [6.07, 6.45) is 3.79. The van der Waals surface area contributed by atoms with E-state index in [-0.39, 0.29) is 0 Å². The Morgan fingerprint density at radius 2 is 2.24 bits per heavy atom. The molecule has 6 nitrogen and oxygen atoms in total. The Balaban J connectivity index is 1.61. The molecule has 4 rings (SSSR count). The van der Waals surface area contributed by atoms with E-state index >= 15 is 0 Å². The number of rotatable bonds is 3. The van der Waals surface area contributed by atoms with E-state index in [0.29, 0.717) is 11.5 Å². The zero-order valence-electron chi connectivity index (χ0n) is 14.2. The lowest BCUT2D eigenvalue weighted by atomic mass is 9.97. The van der Waals surface area contributed by atoms with E-state index in [1.54, 1.807) is 18.3 Å². The SMILES string of the molecule is Cc1cccc2[nH]c([C@@H]3CCCN(c4cc(C(N)=O)ccn4)C3)nc12. The van der Waals surface area contributed by atoms with E-state index in [1.165, 1.54) is 5.56 Å². The minimum atomic E-state index is -0.426. The summed E-state index contributed by atoms with van der Waals surface area (Å²) in [4.78, 5) is 26.3. The fourth-order valence-electron chi connectivity index (χ4n) is 3.54. The monoisotopic (exact) mass is 335 g/mol. The van der Waals surface area contributed by atoms with Crippen molar-refractivity contribution < 1.29 is 4.79 Å². The van der Waals surface area contributed by atoms with Crippen LogP contribution >= 0.6 is 0 Å². The van der Waals surface area contributed by atoms with Crippen LogP contribution in [0.15, 0.2) is 36.5 Å². The summed E-state index contributed by atoms with van der Waals surface area (Å²) in [5, 5.41) is 0. The summed E-state index contributed by atoms with van der Waals surface area (Å²) in [7, 11) is 0. The molecule has 1 amide bonds. The lowest BCUT2D eigenvalue weighted by Gasteiger charge is -2.32. The maximum Gasteiger partial charge on any atom is 0.248 e. The van der Waals surface area contributed by atoms with Gasteiger partial charge in [-0.15, -0.1) is 0 Å². The number of aryl methyl sites for hydroxylation is 1. The Labute approximate surface area is 146 Å². The van der Waals surface area contributed by atoms with Crippen molar-refractivity contribution in [3.8, 4) is 0 Å². The van der Waals surface area contributed by atoms with Gasteiger partial charge in [0, 0.05) is 30.8 Å². The highest BCUT2D eigenvalue weighted by Gasteiger charge is 2.25. The fourth-order valence-corrected chi connectivity index (χ4v) is 3.54. The number of nitrogens with zero attached hydrogens (tertiary/aromatic N) is 3. The molecule has 1 atom stereocenters. The van der Waals surface area contributed by atoms with Crippen LogP contribution in [0.2, 0.25) is 0 Å². The van der Waals surface area contributed by atoms with E-state index in [9.17, 15) is 4.79 Å². The van der Waals surface area contributed by atoms with Gasteiger partial charge in [0.15, 0.2) is 0 Å². The van der Waals surface area contributed by atoms with Crippen molar-refractivity contribution >= 4 is 22.8 Å². The van der Waals surface area contributed by atoms with Gasteiger partial charge in [0.25, 0.3) is 0 Å². The second kappa shape index (κ2) is 6.20. The molecule has 0 unspecified atom stereocenters. The molecule has 3 heterocycles. The maximum atomic E-state index is 11.4. The number of nitrogens with one attached hydrogen (secondary N) is 1. The molecule has 1 aliphatic rings. The number of imidazole rings is 1. The number of hydrogen-bond acceptors (Lipinski definition) is 4. The summed E-state index contributed by atoms with van der Waals surface area (Å²) in [5.74, 6) is 1.72. The van der Waals surface area contributed by atoms with Crippen molar-refractivity contribution in [1.82, 2.24) is 15.0 Å². The van der Waals surface area contributed by atoms with Gasteiger partial charge in [-0.3, -0.25) is 4.79 Å². The number of carbonyl (C=O) groups is 1. The number of carbonyl (C=O) groups excluding carboxylic acids is 1. The number of fused-ring (bicyclic) bond motifs is 1. The number of para-hydroxylation sites is 1. The molecule has 1 aromatic carbocycles. The van der Waals surface area contributed by atoms with Crippen LogP contribution in [0.1, 0.15) is 40.5 Å². The van der Waals surface area contributed by atoms with Crippen LogP contribution in [-0.2, 0) is 0 Å². The summed E-state index contributed by atoms with van der Waals surface area (Å²) < 4.78 is 0. The molecule has 1 fully saturated rings. The fraction of sp³-hybridized carbons (Fsp3) is 0.316. The molecule has 2 aromatic heterocycles. The first kappa shape index (κ1) is 15.6. The average molecular weight is 335 g/mol. The Morgan fingerprint density at radius 3 is 3.04 bits per heavy atom. The minimum absolute atomic E-state index is 0.319. The van der Waals surface area contributed by atoms with Gasteiger partial charge in [-0.25, -0.2) is 9.97 Å². The number of hydrogen-bond donors (Lipinski definition) is 2. The first-order valence-electron chi connectivity index (χ1n) is 8.58. The molecule has 0 saturated carbocycles. The van der Waals surface area contributed by atoms with Gasteiger partial charge in [-0.05, 0) is 43.5 Å². The van der Waals surface area contributed by atoms with Crippen LogP contribution in [-0.4, -0.2) is 33.9 Å². The molecule has 0 bridgehead atoms. The van der Waals surface area contributed by atoms with E-state index in [2.05, 4.69) is 33.9 Å². The van der Waals surface area contributed by atoms with E-state index in [4.69, 9.17) is 10.7 Å². The molecule has 3 aromatic rings. The Bertz CT molecular complexity index is 932. The predicted molar refractivity (Wildman–Crippen MR) is 97.8 cm³/mol. The number of piperidine rings is 1. The van der Waals surface area contributed by atoms with E-state index < -0.39 is 5.91 Å². The lowest BCUT2D eigenvalue weighted by Crippen LogP contribution is -2.35. The van der Waals surface area contributed by atoms with Crippen LogP contribution in [0.5, 0.6) is 0 Å². The molecule has 3 N–H and O–H groups in total. The van der Waals surface area contributed by atoms with Gasteiger partial charge >= 0.3 is 0 Å². The molecule has 0 spiro atoms. The number of aromatic amines is 1. The van der Waals surface area contributed by atoms with Crippen molar-refractivity contribution in [2.24, 2.45) is 5.73 Å². The largest absolute Gasteiger partial charge is 0.366 e. The Hall–Kier alpha value is -2.89. The van der Waals surface area contributed by atoms with Gasteiger partial charge in [-0.1, -0.05) is 12.1 Å². The number of aromatic nitrogens is 3. The standard InChI is InChI=1S/C19H21N5O/c1-12-4-2-6-15-17(12)23-19(22-15)14-5-3-9-24(11-14)16-10-13(18(20)25)7-8-21-16/h2,4,6-8,10,14H,3,5,9,11H2,1H3,(H2,20,25)(H,22,23)/t14-/m1/s1. The van der Waals surface area contributed by atoms with Crippen molar-refractivity contribution in [1.29, 1.82) is 0 Å². The second-order valence-corrected chi connectivity index (χ2v) is 6.65. The molecule has 0 radical (unpaired) electrons. The van der Waals surface area contributed by atoms with Gasteiger partial charge in [0.1, 0.15) is 11.6 Å². The van der Waals surface area contributed by atoms with Crippen LogP contribution in [0.4, 0.5) is 5.82 Å². The molecule has 1 aliphatic heterocycles. The van der Waals surface area contributed by atoms with Crippen LogP contribution in [0.25, 0.3) is 11.0 Å². The molecular weight excluding hydrogens is 314 g/mol. The normalized spacial score (nSPS) is 17.8. The number of pyridine rings is 1. The summed E-state index contributed by atoms with van der Waals surface area (Å²) >= 11 is 0. The molecule has 0 aliphatic carbocycles. The molecule has 6 heteroatoms. The highest BCUT2D eigenvalue weighted by atomic mass is 16.1. The molecule has 25 heavy (non-hydrogen) atoms. The Kier molecular flexibility index (Phi) is 3.87. The summed E-state index contributed by atoms with van der Waals surface area (Å²) in [5.41, 5.74) is 9.19. The van der Waals surface area contributed by atoms with E-state index in [1.807, 2.05) is 6.07 Å². The highest BCUT2D eigenvalue weighted by Crippen LogP contribution is 2.29. The zero-order valence-corrected chi connectivity index (χ0v) is 14.2. The Morgan fingerprint density at radius 1 is 1.36 bits per heavy atom. The quantitative estimate of drug-likeness (QED) is 0.770. The van der Waals surface area contributed by atoms with Gasteiger partial charge in [0.05, 0.1) is 11.0 Å². The summed E-state index contributed by atoms with van der Waals surface area (Å²) in [6.45, 7) is 3.83. The van der Waals surface area contributed by atoms with Crippen molar-refractivity contribution in [2.75, 3.05) is 18.0 Å². The number of H-pyrrole nitrogens is 1. The molecule has 1 saturated heterocycles. The first-order chi connectivity index (χ1) is 12.1. The zero-order chi connectivity index (χ0) is 17.4. The highest BCUT2D eigenvalue weighted by molar-refractivity contribution is 5.93. The maximum absolute atomic E-state index is 11.4. The summed E-state index contributed by atoms with van der Waals surface area (Å²) in [6, 6.07) is 9.62. The van der Waals surface area contributed by atoms with Gasteiger partial charge in [0.2, 0.25) is 5.91 Å².